The van der Waals surface area contributed by atoms with Gasteiger partial charge in [-0.25, -0.2) is 4.79 Å². The van der Waals surface area contributed by atoms with Crippen LogP contribution in [0, 0.1) is 5.92 Å². The van der Waals surface area contributed by atoms with Crippen LogP contribution in [0.25, 0.3) is 0 Å². The summed E-state index contributed by atoms with van der Waals surface area (Å²) in [4.78, 5) is 48.5. The maximum Gasteiger partial charge on any atom is 0.321 e. The second kappa shape index (κ2) is 6.36. The summed E-state index contributed by atoms with van der Waals surface area (Å²) in [6, 6.07) is -1.26. The summed E-state index contributed by atoms with van der Waals surface area (Å²) < 4.78 is 0. The highest BCUT2D eigenvalue weighted by atomic mass is 16.4. The van der Waals surface area contributed by atoms with Crippen molar-refractivity contribution < 1.29 is 24.3 Å². The van der Waals surface area contributed by atoms with Gasteiger partial charge in [-0.15, -0.1) is 0 Å². The summed E-state index contributed by atoms with van der Waals surface area (Å²) in [6.07, 6.45) is 0. The highest BCUT2D eigenvalue weighted by Gasteiger charge is 2.36. The third-order valence-electron chi connectivity index (χ3n) is 3.24. The van der Waals surface area contributed by atoms with E-state index in [2.05, 4.69) is 5.32 Å². The second-order valence-electron chi connectivity index (χ2n) is 4.78. The molecule has 2 unspecified atom stereocenters. The summed E-state index contributed by atoms with van der Waals surface area (Å²) in [5.41, 5.74) is 0. The molecule has 20 heavy (non-hydrogen) atoms. The summed E-state index contributed by atoms with van der Waals surface area (Å²) in [5, 5.41) is 11.0. The maximum atomic E-state index is 12.3. The van der Waals surface area contributed by atoms with Gasteiger partial charge in [0.05, 0.1) is 5.92 Å². The lowest BCUT2D eigenvalue weighted by Gasteiger charge is -2.36. The average Bonchev–Trinajstić information content (AvgIpc) is 2.38. The Morgan fingerprint density at radius 3 is 2.60 bits per heavy atom. The molecular weight excluding hydrogens is 266 g/mol. The molecule has 0 bridgehead atoms. The minimum Gasteiger partial charge on any atom is -0.481 e. The Morgan fingerprint density at radius 1 is 1.50 bits per heavy atom. The van der Waals surface area contributed by atoms with Crippen LogP contribution in [0.2, 0.25) is 0 Å². The van der Waals surface area contributed by atoms with Crippen LogP contribution < -0.4 is 5.32 Å². The molecule has 1 saturated heterocycles. The van der Waals surface area contributed by atoms with Crippen molar-refractivity contribution in [2.24, 2.45) is 5.92 Å². The lowest BCUT2D eigenvalue weighted by Crippen LogP contribution is -2.61. The van der Waals surface area contributed by atoms with E-state index >= 15 is 0 Å². The largest absolute Gasteiger partial charge is 0.481 e. The molecule has 1 heterocycles. The fraction of sp³-hybridized carbons (Fsp3) is 0.667. The molecule has 2 N–H and O–H groups in total. The van der Waals surface area contributed by atoms with Crippen LogP contribution in [0.4, 0.5) is 4.79 Å². The molecule has 8 heteroatoms. The van der Waals surface area contributed by atoms with Gasteiger partial charge in [-0.05, 0) is 13.8 Å². The van der Waals surface area contributed by atoms with Crippen molar-refractivity contribution in [2.75, 3.05) is 19.6 Å². The third-order valence-corrected chi connectivity index (χ3v) is 3.24. The van der Waals surface area contributed by atoms with E-state index in [4.69, 9.17) is 5.11 Å². The highest BCUT2D eigenvalue weighted by Crippen LogP contribution is 2.11. The van der Waals surface area contributed by atoms with Gasteiger partial charge in [-0.2, -0.15) is 0 Å². The Hall–Kier alpha value is -2.12. The molecule has 112 valence electrons. The molecule has 0 aromatic heterocycles. The van der Waals surface area contributed by atoms with Crippen LogP contribution in [0.3, 0.4) is 0 Å². The standard InChI is InChI=1S/C12H19N3O5/c1-4-14(5-7(2)11(18)19)12(20)15-6-9(16)13-10(17)8(15)3/h7-8H,4-6H2,1-3H3,(H,18,19)(H,13,16,17). The van der Waals surface area contributed by atoms with Gasteiger partial charge in [0.15, 0.2) is 0 Å². The summed E-state index contributed by atoms with van der Waals surface area (Å²) in [7, 11) is 0. The first-order valence-corrected chi connectivity index (χ1v) is 6.40. The molecule has 0 saturated carbocycles. The van der Waals surface area contributed by atoms with E-state index in [-0.39, 0.29) is 13.1 Å². The number of rotatable bonds is 4. The monoisotopic (exact) mass is 285 g/mol. The zero-order valence-corrected chi connectivity index (χ0v) is 11.8. The van der Waals surface area contributed by atoms with Crippen LogP contribution in [0.15, 0.2) is 0 Å². The third kappa shape index (κ3) is 3.46. The molecule has 0 spiro atoms. The first kappa shape index (κ1) is 15.9. The Kier molecular flexibility index (Phi) is 5.06. The van der Waals surface area contributed by atoms with Crippen molar-refractivity contribution in [3.05, 3.63) is 0 Å². The van der Waals surface area contributed by atoms with Crippen molar-refractivity contribution in [1.29, 1.82) is 0 Å². The van der Waals surface area contributed by atoms with E-state index in [1.807, 2.05) is 0 Å². The maximum absolute atomic E-state index is 12.3. The average molecular weight is 285 g/mol. The Morgan fingerprint density at radius 2 is 2.10 bits per heavy atom. The molecule has 0 aromatic carbocycles. The van der Waals surface area contributed by atoms with Crippen molar-refractivity contribution in [3.8, 4) is 0 Å². The van der Waals surface area contributed by atoms with Crippen molar-refractivity contribution in [2.45, 2.75) is 26.8 Å². The molecule has 0 aliphatic carbocycles. The van der Waals surface area contributed by atoms with E-state index < -0.39 is 35.8 Å². The van der Waals surface area contributed by atoms with Crippen LogP contribution in [-0.4, -0.2) is 64.4 Å². The molecule has 8 nitrogen and oxygen atoms in total. The number of nitrogens with zero attached hydrogens (tertiary/aromatic N) is 2. The van der Waals surface area contributed by atoms with E-state index in [9.17, 15) is 19.2 Å². The van der Waals surface area contributed by atoms with Crippen LogP contribution >= 0.6 is 0 Å². The minimum absolute atomic E-state index is 0.0314. The molecule has 0 aromatic rings. The summed E-state index contributed by atoms with van der Waals surface area (Å²) in [5.74, 6) is -2.79. The molecule has 1 aliphatic heterocycles. The number of nitrogens with one attached hydrogen (secondary N) is 1. The molecular formula is C12H19N3O5. The lowest BCUT2D eigenvalue weighted by atomic mass is 10.1. The fourth-order valence-electron chi connectivity index (χ4n) is 1.88. The predicted octanol–water partition coefficient (Wildman–Crippen LogP) is -0.504. The van der Waals surface area contributed by atoms with E-state index in [1.54, 1.807) is 6.92 Å². The van der Waals surface area contributed by atoms with Gasteiger partial charge in [-0.3, -0.25) is 19.7 Å². The number of carboxylic acids is 1. The Labute approximate surface area is 116 Å². The zero-order chi connectivity index (χ0) is 15.4. The minimum atomic E-state index is -1.00. The van der Waals surface area contributed by atoms with Crippen molar-refractivity contribution in [3.63, 3.8) is 0 Å². The van der Waals surface area contributed by atoms with E-state index in [0.717, 1.165) is 4.90 Å². The number of amides is 4. The SMILES string of the molecule is CCN(CC(C)C(=O)O)C(=O)N1CC(=O)NC(=O)C1C. The number of aliphatic carboxylic acids is 1. The molecule has 1 fully saturated rings. The Bertz CT molecular complexity index is 437. The fourth-order valence-corrected chi connectivity index (χ4v) is 1.88. The first-order valence-electron chi connectivity index (χ1n) is 6.40. The number of carbonyl (C=O) groups is 4. The van der Waals surface area contributed by atoms with Gasteiger partial charge in [0.25, 0.3) is 0 Å². The predicted molar refractivity (Wildman–Crippen MR) is 68.8 cm³/mol. The number of hydrogen-bond acceptors (Lipinski definition) is 4. The normalized spacial score (nSPS) is 20.4. The topological polar surface area (TPSA) is 107 Å². The van der Waals surface area contributed by atoms with Gasteiger partial charge < -0.3 is 14.9 Å². The highest BCUT2D eigenvalue weighted by molar-refractivity contribution is 6.03. The smallest absolute Gasteiger partial charge is 0.321 e. The number of carbonyl (C=O) groups excluding carboxylic acids is 3. The zero-order valence-electron chi connectivity index (χ0n) is 11.8. The second-order valence-corrected chi connectivity index (χ2v) is 4.78. The van der Waals surface area contributed by atoms with Gasteiger partial charge in [0.2, 0.25) is 11.8 Å². The Balaban J connectivity index is 2.81. The number of carboxylic acid groups (broad SMARTS) is 1. The first-order chi connectivity index (χ1) is 9.27. The van der Waals surface area contributed by atoms with Crippen LogP contribution in [0.1, 0.15) is 20.8 Å². The summed E-state index contributed by atoms with van der Waals surface area (Å²) in [6.45, 7) is 4.86. The van der Waals surface area contributed by atoms with Crippen molar-refractivity contribution in [1.82, 2.24) is 15.1 Å². The lowest BCUT2D eigenvalue weighted by molar-refractivity contribution is -0.142. The molecule has 1 rings (SSSR count). The van der Waals surface area contributed by atoms with Gasteiger partial charge in [0, 0.05) is 13.1 Å². The van der Waals surface area contributed by atoms with Crippen LogP contribution in [-0.2, 0) is 14.4 Å². The van der Waals surface area contributed by atoms with Gasteiger partial charge in [0.1, 0.15) is 12.6 Å². The molecule has 4 amide bonds. The summed E-state index contributed by atoms with van der Waals surface area (Å²) >= 11 is 0. The van der Waals surface area contributed by atoms with Gasteiger partial charge in [-0.1, -0.05) is 6.92 Å². The molecule has 2 atom stereocenters. The van der Waals surface area contributed by atoms with E-state index in [1.165, 1.54) is 18.7 Å². The van der Waals surface area contributed by atoms with Crippen molar-refractivity contribution >= 4 is 23.8 Å². The van der Waals surface area contributed by atoms with Crippen LogP contribution in [0.5, 0.6) is 0 Å². The van der Waals surface area contributed by atoms with Gasteiger partial charge >= 0.3 is 12.0 Å². The number of piperazine rings is 1. The quantitative estimate of drug-likeness (QED) is 0.677. The molecule has 1 aliphatic rings. The number of hydrogen-bond donors (Lipinski definition) is 2. The number of imide groups is 1. The number of urea groups is 1. The molecule has 0 radical (unpaired) electrons. The van der Waals surface area contributed by atoms with E-state index in [0.29, 0.717) is 6.54 Å².